The fourth-order valence-electron chi connectivity index (χ4n) is 6.26. The highest BCUT2D eigenvalue weighted by molar-refractivity contribution is 6.19. The maximum atomic E-state index is 13.0. The van der Waals surface area contributed by atoms with Crippen molar-refractivity contribution in [1.82, 2.24) is 9.72 Å². The molecule has 0 radical (unpaired) electrons. The third-order valence-electron chi connectivity index (χ3n) is 8.04. The average molecular weight is 538 g/mol. The number of nitrogens with zero attached hydrogens (tertiary/aromatic N) is 2. The summed E-state index contributed by atoms with van der Waals surface area (Å²) in [5, 5.41) is 5.74. The first kappa shape index (κ1) is 25.8. The van der Waals surface area contributed by atoms with E-state index in [0.29, 0.717) is 30.1 Å². The number of fused-ring (bicyclic) bond motifs is 3. The van der Waals surface area contributed by atoms with Crippen LogP contribution < -0.4 is 5.73 Å². The number of carbonyl (C=O) groups is 2. The molecule has 1 saturated heterocycles. The summed E-state index contributed by atoms with van der Waals surface area (Å²) in [4.78, 5) is 25.7. The zero-order valence-electron chi connectivity index (χ0n) is 22.8. The molecule has 1 aliphatic rings. The predicted octanol–water partition coefficient (Wildman–Crippen LogP) is 5.97. The Morgan fingerprint density at radius 3 is 2.42 bits per heavy atom. The number of aromatic nitrogens is 2. The summed E-state index contributed by atoms with van der Waals surface area (Å²) in [7, 11) is 1.37. The lowest BCUT2D eigenvalue weighted by Gasteiger charge is -2.33. The molecule has 0 bridgehead atoms. The zero-order chi connectivity index (χ0) is 28.0. The number of methoxy groups -OCH3 is 1. The van der Waals surface area contributed by atoms with Crippen molar-refractivity contribution in [3.63, 3.8) is 0 Å². The van der Waals surface area contributed by atoms with Crippen LogP contribution in [0.4, 0.5) is 0 Å². The van der Waals surface area contributed by atoms with Gasteiger partial charge >= 0.3 is 5.97 Å². The van der Waals surface area contributed by atoms with Gasteiger partial charge in [0.2, 0.25) is 5.91 Å². The monoisotopic (exact) mass is 537 g/mol. The first-order chi connectivity index (χ1) is 19.4. The van der Waals surface area contributed by atoms with E-state index >= 15 is 0 Å². The van der Waals surface area contributed by atoms with Crippen LogP contribution in [0.5, 0.6) is 0 Å². The molecule has 2 aromatic heterocycles. The molecule has 1 unspecified atom stereocenters. The number of nitrogens with two attached hydrogens (primary N) is 1. The number of amides is 1. The maximum Gasteiger partial charge on any atom is 0.337 e. The first-order valence-electron chi connectivity index (χ1n) is 13.4. The highest BCUT2D eigenvalue weighted by Crippen LogP contribution is 2.43. The number of hydrogen-bond donors (Lipinski definition) is 1. The van der Waals surface area contributed by atoms with Crippen LogP contribution in [0, 0.1) is 19.8 Å². The molecule has 8 nitrogen and oxygen atoms in total. The van der Waals surface area contributed by atoms with E-state index in [-0.39, 0.29) is 12.0 Å². The molecule has 40 heavy (non-hydrogen) atoms. The lowest BCUT2D eigenvalue weighted by Crippen LogP contribution is -2.27. The van der Waals surface area contributed by atoms with E-state index in [4.69, 9.17) is 19.7 Å². The number of rotatable bonds is 6. The number of aryl methyl sites for hydroxylation is 2. The molecule has 0 spiro atoms. The van der Waals surface area contributed by atoms with Crippen LogP contribution >= 0.6 is 0 Å². The Morgan fingerprint density at radius 2 is 1.77 bits per heavy atom. The molecule has 1 fully saturated rings. The Balaban J connectivity index is 1.77. The van der Waals surface area contributed by atoms with Crippen molar-refractivity contribution in [3.05, 3.63) is 88.8 Å². The van der Waals surface area contributed by atoms with Crippen LogP contribution in [0.15, 0.2) is 65.2 Å². The predicted molar refractivity (Wildman–Crippen MR) is 152 cm³/mol. The molecule has 204 valence electrons. The third-order valence-corrected chi connectivity index (χ3v) is 8.04. The van der Waals surface area contributed by atoms with Crippen molar-refractivity contribution in [2.45, 2.75) is 32.7 Å². The summed E-state index contributed by atoms with van der Waals surface area (Å²) in [5.74, 6) is -0.0342. The maximum absolute atomic E-state index is 13.0. The molecule has 0 aliphatic carbocycles. The van der Waals surface area contributed by atoms with Gasteiger partial charge in [0.05, 0.1) is 35.4 Å². The molecule has 0 saturated carbocycles. The standard InChI is InChI=1S/C32H31N3O5/c1-18-28(19(2)40-34-18)23-15-25(31(33)36)29-24-10-9-22(32(37)38-3)16-26(24)35(27(29)17-23)30(20-7-5-4-6-8-20)21-11-13-39-14-12-21/h4-10,15-17,21,30H,11-14H2,1-3H3,(H2,33,36). The van der Waals surface area contributed by atoms with E-state index in [1.54, 1.807) is 6.07 Å². The molecule has 8 heteroatoms. The van der Waals surface area contributed by atoms with Gasteiger partial charge in [-0.1, -0.05) is 41.6 Å². The van der Waals surface area contributed by atoms with Gasteiger partial charge in [-0.25, -0.2) is 4.79 Å². The minimum atomic E-state index is -0.531. The molecular weight excluding hydrogens is 506 g/mol. The number of primary amides is 1. The van der Waals surface area contributed by atoms with Crippen molar-refractivity contribution in [3.8, 4) is 11.1 Å². The van der Waals surface area contributed by atoms with Crippen molar-refractivity contribution < 1.29 is 23.6 Å². The van der Waals surface area contributed by atoms with Gasteiger partial charge in [-0.15, -0.1) is 0 Å². The summed E-state index contributed by atoms with van der Waals surface area (Å²) in [6.45, 7) is 5.09. The smallest absolute Gasteiger partial charge is 0.337 e. The molecule has 3 aromatic carbocycles. The second-order valence-electron chi connectivity index (χ2n) is 10.4. The van der Waals surface area contributed by atoms with Crippen LogP contribution in [0.2, 0.25) is 0 Å². The Bertz CT molecular complexity index is 1730. The van der Waals surface area contributed by atoms with Crippen molar-refractivity contribution in [1.29, 1.82) is 0 Å². The van der Waals surface area contributed by atoms with Crippen molar-refractivity contribution in [2.24, 2.45) is 11.7 Å². The fraction of sp³-hybridized carbons (Fsp3) is 0.281. The summed E-state index contributed by atoms with van der Waals surface area (Å²) < 4.78 is 18.6. The first-order valence-corrected chi connectivity index (χ1v) is 13.4. The second kappa shape index (κ2) is 10.3. The highest BCUT2D eigenvalue weighted by Gasteiger charge is 2.31. The van der Waals surface area contributed by atoms with Crippen LogP contribution in [0.25, 0.3) is 32.9 Å². The van der Waals surface area contributed by atoms with Crippen LogP contribution in [0.1, 0.15) is 56.6 Å². The van der Waals surface area contributed by atoms with Crippen LogP contribution in [-0.2, 0) is 9.47 Å². The van der Waals surface area contributed by atoms with E-state index in [2.05, 4.69) is 27.9 Å². The third kappa shape index (κ3) is 4.25. The summed E-state index contributed by atoms with van der Waals surface area (Å²) in [6.07, 6.45) is 1.76. The van der Waals surface area contributed by atoms with Gasteiger partial charge in [0.1, 0.15) is 5.76 Å². The lowest BCUT2D eigenvalue weighted by molar-refractivity contribution is 0.0553. The topological polar surface area (TPSA) is 110 Å². The molecule has 1 aliphatic heterocycles. The van der Waals surface area contributed by atoms with Crippen LogP contribution in [-0.4, -0.2) is 41.9 Å². The van der Waals surface area contributed by atoms with E-state index in [0.717, 1.165) is 57.0 Å². The van der Waals surface area contributed by atoms with Gasteiger partial charge in [0.15, 0.2) is 0 Å². The van der Waals surface area contributed by atoms with Gasteiger partial charge in [0, 0.05) is 35.1 Å². The van der Waals surface area contributed by atoms with Gasteiger partial charge < -0.3 is 24.3 Å². The zero-order valence-corrected chi connectivity index (χ0v) is 22.8. The van der Waals surface area contributed by atoms with Gasteiger partial charge in [-0.3, -0.25) is 4.79 Å². The summed E-state index contributed by atoms with van der Waals surface area (Å²) in [5.41, 5.74) is 12.0. The van der Waals surface area contributed by atoms with E-state index in [9.17, 15) is 9.59 Å². The molecule has 2 N–H and O–H groups in total. The van der Waals surface area contributed by atoms with Gasteiger partial charge in [-0.2, -0.15) is 0 Å². The largest absolute Gasteiger partial charge is 0.465 e. The van der Waals surface area contributed by atoms with Crippen molar-refractivity contribution >= 4 is 33.7 Å². The average Bonchev–Trinajstić information content (AvgIpc) is 3.48. The number of benzene rings is 3. The van der Waals surface area contributed by atoms with Crippen LogP contribution in [0.3, 0.4) is 0 Å². The van der Waals surface area contributed by atoms with E-state index in [1.807, 2.05) is 50.2 Å². The number of esters is 1. The fourth-order valence-corrected chi connectivity index (χ4v) is 6.26. The molecule has 1 atom stereocenters. The second-order valence-corrected chi connectivity index (χ2v) is 10.4. The molecular formula is C32H31N3O5. The summed E-state index contributed by atoms with van der Waals surface area (Å²) >= 11 is 0. The molecule has 5 aromatic rings. The lowest BCUT2D eigenvalue weighted by atomic mass is 9.86. The Hall–Kier alpha value is -4.43. The SMILES string of the molecule is COC(=O)c1ccc2c3c(C(N)=O)cc(-c4c(C)noc4C)cc3n(C(c3ccccc3)C3CCOCC3)c2c1. The van der Waals surface area contributed by atoms with Gasteiger partial charge in [0.25, 0.3) is 0 Å². The van der Waals surface area contributed by atoms with E-state index in [1.165, 1.54) is 7.11 Å². The quantitative estimate of drug-likeness (QED) is 0.267. The Labute approximate surface area is 231 Å². The number of hydrogen-bond acceptors (Lipinski definition) is 6. The Morgan fingerprint density at radius 1 is 1.02 bits per heavy atom. The number of ether oxygens (including phenoxy) is 2. The molecule has 1 amide bonds. The molecule has 6 rings (SSSR count). The van der Waals surface area contributed by atoms with Crippen molar-refractivity contribution in [2.75, 3.05) is 20.3 Å². The summed E-state index contributed by atoms with van der Waals surface area (Å²) in [6, 6.07) is 19.7. The normalized spacial score (nSPS) is 15.0. The van der Waals surface area contributed by atoms with E-state index < -0.39 is 11.9 Å². The highest BCUT2D eigenvalue weighted by atomic mass is 16.5. The molecule has 3 heterocycles. The minimum absolute atomic E-state index is 0.0846. The minimum Gasteiger partial charge on any atom is -0.465 e. The van der Waals surface area contributed by atoms with Gasteiger partial charge in [-0.05, 0) is 68.0 Å². The number of carbonyl (C=O) groups excluding carboxylic acids is 2. The Kier molecular flexibility index (Phi) is 6.64.